The smallest absolute Gasteiger partial charge is 0.410 e. The number of nitrogens with zero attached hydrogens (tertiary/aromatic N) is 1. The highest BCUT2D eigenvalue weighted by atomic mass is 16.6. The van der Waals surface area contributed by atoms with Gasteiger partial charge in [0.05, 0.1) is 7.11 Å². The second-order valence-electron chi connectivity index (χ2n) is 9.36. The van der Waals surface area contributed by atoms with Crippen LogP contribution in [0.3, 0.4) is 0 Å². The average Bonchev–Trinajstić information content (AvgIpc) is 2.86. The number of methoxy groups -OCH3 is 1. The monoisotopic (exact) mass is 463 g/mol. The molecule has 1 aliphatic heterocycles. The van der Waals surface area contributed by atoms with Gasteiger partial charge in [0, 0.05) is 19.5 Å². The first kappa shape index (κ1) is 23.9. The Morgan fingerprint density at radius 1 is 1.06 bits per heavy atom. The molecule has 1 heterocycles. The number of amides is 1. The van der Waals surface area contributed by atoms with E-state index in [1.54, 1.807) is 7.11 Å². The third-order valence-corrected chi connectivity index (χ3v) is 7.00. The fraction of sp³-hybridized carbons (Fsp3) is 0.429. The average molecular weight is 464 g/mol. The summed E-state index contributed by atoms with van der Waals surface area (Å²) in [5.41, 5.74) is 4.78. The molecule has 0 bridgehead atoms. The summed E-state index contributed by atoms with van der Waals surface area (Å²) < 4.78 is 11.0. The van der Waals surface area contributed by atoms with Crippen molar-refractivity contribution in [2.24, 2.45) is 5.41 Å². The second kappa shape index (κ2) is 10.8. The van der Waals surface area contributed by atoms with Crippen LogP contribution in [0.1, 0.15) is 55.2 Å². The molecule has 2 aliphatic rings. The molecule has 0 atom stereocenters. The van der Waals surface area contributed by atoms with E-state index in [-0.39, 0.29) is 24.5 Å². The SMILES string of the molecule is COc1ccc2c(c1)C(CCCCC(=O)O)=CC1(CCN(C(=O)OCc3ccccc3)CC1)C2. The van der Waals surface area contributed by atoms with Gasteiger partial charge in [-0.15, -0.1) is 0 Å². The molecule has 180 valence electrons. The lowest BCUT2D eigenvalue weighted by atomic mass is 9.67. The summed E-state index contributed by atoms with van der Waals surface area (Å²) in [7, 11) is 1.68. The van der Waals surface area contributed by atoms with Crippen molar-refractivity contribution in [3.63, 3.8) is 0 Å². The molecule has 1 fully saturated rings. The zero-order valence-electron chi connectivity index (χ0n) is 19.8. The Labute approximate surface area is 201 Å². The first-order valence-corrected chi connectivity index (χ1v) is 12.0. The zero-order chi connectivity index (χ0) is 24.0. The van der Waals surface area contributed by atoms with Gasteiger partial charge < -0.3 is 19.5 Å². The maximum absolute atomic E-state index is 12.6. The van der Waals surface area contributed by atoms with Crippen LogP contribution in [0.5, 0.6) is 5.75 Å². The Morgan fingerprint density at radius 2 is 1.82 bits per heavy atom. The predicted molar refractivity (Wildman–Crippen MR) is 131 cm³/mol. The van der Waals surface area contributed by atoms with Crippen LogP contribution < -0.4 is 4.74 Å². The van der Waals surface area contributed by atoms with Crippen LogP contribution in [0, 0.1) is 5.41 Å². The number of allylic oxidation sites excluding steroid dienone is 2. The van der Waals surface area contributed by atoms with Gasteiger partial charge >= 0.3 is 12.1 Å². The summed E-state index contributed by atoms with van der Waals surface area (Å²) in [4.78, 5) is 25.4. The number of unbranched alkanes of at least 4 members (excludes halogenated alkanes) is 1. The lowest BCUT2D eigenvalue weighted by Crippen LogP contribution is -2.44. The number of rotatable bonds is 8. The lowest BCUT2D eigenvalue weighted by molar-refractivity contribution is -0.137. The number of likely N-dealkylation sites (tertiary alicyclic amines) is 1. The molecule has 0 unspecified atom stereocenters. The van der Waals surface area contributed by atoms with Gasteiger partial charge in [0.15, 0.2) is 0 Å². The molecule has 6 heteroatoms. The summed E-state index contributed by atoms with van der Waals surface area (Å²) in [6.07, 6.45) is 7.41. The standard InChI is InChI=1S/C28H33NO5/c1-33-24-12-11-23-19-28(18-22(25(23)17-24)9-5-6-10-26(30)31)13-15-29(16-14-28)27(32)34-20-21-7-3-2-4-8-21/h2-4,7-8,11-12,17-18H,5-6,9-10,13-16,19-20H2,1H3,(H,30,31). The number of carbonyl (C=O) groups excluding carboxylic acids is 1. The Balaban J connectivity index is 1.42. The van der Waals surface area contributed by atoms with Crippen LogP contribution in [0.4, 0.5) is 4.79 Å². The van der Waals surface area contributed by atoms with Crippen molar-refractivity contribution in [2.45, 2.75) is 51.6 Å². The van der Waals surface area contributed by atoms with Crippen LogP contribution in [-0.2, 0) is 22.6 Å². The van der Waals surface area contributed by atoms with Crippen LogP contribution >= 0.6 is 0 Å². The van der Waals surface area contributed by atoms with Crippen LogP contribution in [0.15, 0.2) is 54.6 Å². The normalized spacial score (nSPS) is 16.5. The Bertz CT molecular complexity index is 1040. The van der Waals surface area contributed by atoms with Gasteiger partial charge in [0.1, 0.15) is 12.4 Å². The van der Waals surface area contributed by atoms with Gasteiger partial charge in [0.25, 0.3) is 0 Å². The van der Waals surface area contributed by atoms with E-state index in [0.717, 1.165) is 43.4 Å². The number of carboxylic acid groups (broad SMARTS) is 1. The molecule has 6 nitrogen and oxygen atoms in total. The van der Waals surface area contributed by atoms with Crippen molar-refractivity contribution in [3.05, 3.63) is 71.3 Å². The molecule has 0 saturated carbocycles. The maximum atomic E-state index is 12.6. The third kappa shape index (κ3) is 5.79. The minimum atomic E-state index is -0.748. The van der Waals surface area contributed by atoms with E-state index < -0.39 is 5.97 Å². The first-order valence-electron chi connectivity index (χ1n) is 12.0. The van der Waals surface area contributed by atoms with Crippen LogP contribution in [0.2, 0.25) is 0 Å². The van der Waals surface area contributed by atoms with Gasteiger partial charge in [-0.1, -0.05) is 42.5 Å². The fourth-order valence-electron chi connectivity index (χ4n) is 5.08. The summed E-state index contributed by atoms with van der Waals surface area (Å²) in [6.45, 7) is 1.63. The number of fused-ring (bicyclic) bond motifs is 1. The molecule has 1 N–H and O–H groups in total. The van der Waals surface area contributed by atoms with Crippen molar-refractivity contribution < 1.29 is 24.2 Å². The molecule has 1 spiro atoms. The molecule has 2 aromatic carbocycles. The number of benzene rings is 2. The summed E-state index contributed by atoms with van der Waals surface area (Å²) in [5, 5.41) is 8.97. The topological polar surface area (TPSA) is 76.1 Å². The van der Waals surface area contributed by atoms with E-state index in [1.807, 2.05) is 41.3 Å². The third-order valence-electron chi connectivity index (χ3n) is 7.00. The van der Waals surface area contributed by atoms with Gasteiger partial charge in [-0.3, -0.25) is 4.79 Å². The number of piperidine rings is 1. The van der Waals surface area contributed by atoms with Crippen molar-refractivity contribution in [2.75, 3.05) is 20.2 Å². The van der Waals surface area contributed by atoms with Gasteiger partial charge in [-0.05, 0) is 78.3 Å². The van der Waals surface area contributed by atoms with Crippen LogP contribution in [0.25, 0.3) is 5.57 Å². The molecule has 0 aromatic heterocycles. The van der Waals surface area contributed by atoms with Crippen molar-refractivity contribution >= 4 is 17.6 Å². The molecular weight excluding hydrogens is 430 g/mol. The number of hydrogen-bond acceptors (Lipinski definition) is 4. The highest BCUT2D eigenvalue weighted by Crippen LogP contribution is 2.46. The number of carbonyl (C=O) groups is 2. The molecule has 1 aliphatic carbocycles. The zero-order valence-corrected chi connectivity index (χ0v) is 19.8. The molecular formula is C28H33NO5. The number of aliphatic carboxylic acids is 1. The largest absolute Gasteiger partial charge is 0.497 e. The van der Waals surface area contributed by atoms with Crippen molar-refractivity contribution in [3.8, 4) is 5.75 Å². The quantitative estimate of drug-likeness (QED) is 0.508. The molecule has 0 radical (unpaired) electrons. The Kier molecular flexibility index (Phi) is 7.56. The van der Waals surface area contributed by atoms with E-state index in [0.29, 0.717) is 19.5 Å². The van der Waals surface area contributed by atoms with E-state index in [1.165, 1.54) is 16.7 Å². The minimum Gasteiger partial charge on any atom is -0.497 e. The maximum Gasteiger partial charge on any atom is 0.410 e. The number of carboxylic acids is 1. The van der Waals surface area contributed by atoms with Crippen LogP contribution in [-0.4, -0.2) is 42.3 Å². The minimum absolute atomic E-state index is 0.0138. The predicted octanol–water partition coefficient (Wildman–Crippen LogP) is 5.70. The molecule has 1 saturated heterocycles. The second-order valence-corrected chi connectivity index (χ2v) is 9.36. The molecule has 2 aromatic rings. The lowest BCUT2D eigenvalue weighted by Gasteiger charge is -2.43. The number of ether oxygens (including phenoxy) is 2. The van der Waals surface area contributed by atoms with Crippen molar-refractivity contribution in [1.29, 1.82) is 0 Å². The summed E-state index contributed by atoms with van der Waals surface area (Å²) in [6, 6.07) is 16.0. The molecule has 1 amide bonds. The highest BCUT2D eigenvalue weighted by molar-refractivity contribution is 5.73. The summed E-state index contributed by atoms with van der Waals surface area (Å²) in [5.74, 6) is 0.0878. The highest BCUT2D eigenvalue weighted by Gasteiger charge is 2.38. The van der Waals surface area contributed by atoms with E-state index in [9.17, 15) is 9.59 Å². The Hall–Kier alpha value is -3.28. The van der Waals surface area contributed by atoms with Crippen molar-refractivity contribution in [1.82, 2.24) is 4.90 Å². The fourth-order valence-corrected chi connectivity index (χ4v) is 5.08. The van der Waals surface area contributed by atoms with E-state index in [4.69, 9.17) is 14.6 Å². The molecule has 4 rings (SSSR count). The van der Waals surface area contributed by atoms with E-state index in [2.05, 4.69) is 18.2 Å². The van der Waals surface area contributed by atoms with Gasteiger partial charge in [-0.25, -0.2) is 4.79 Å². The summed E-state index contributed by atoms with van der Waals surface area (Å²) >= 11 is 0. The Morgan fingerprint density at radius 3 is 2.53 bits per heavy atom. The van der Waals surface area contributed by atoms with Gasteiger partial charge in [-0.2, -0.15) is 0 Å². The molecule has 34 heavy (non-hydrogen) atoms. The van der Waals surface area contributed by atoms with E-state index >= 15 is 0 Å². The first-order chi connectivity index (χ1) is 16.5. The van der Waals surface area contributed by atoms with Gasteiger partial charge in [0.2, 0.25) is 0 Å². The number of hydrogen-bond donors (Lipinski definition) is 1.